The van der Waals surface area contributed by atoms with Gasteiger partial charge >= 0.3 is 0 Å². The fourth-order valence-electron chi connectivity index (χ4n) is 1.05. The molecule has 0 spiro atoms. The van der Waals surface area contributed by atoms with Gasteiger partial charge < -0.3 is 17.0 Å². The second-order valence-electron chi connectivity index (χ2n) is 4.42. The molecule has 0 radical (unpaired) electrons. The Morgan fingerprint density at radius 2 is 1.54 bits per heavy atom. The third-order valence-electron chi connectivity index (χ3n) is 1.90. The first kappa shape index (κ1) is 12.8. The number of halogens is 1. The van der Waals surface area contributed by atoms with E-state index in [4.69, 9.17) is 0 Å². The van der Waals surface area contributed by atoms with E-state index >= 15 is 0 Å². The number of rotatable bonds is 3. The van der Waals surface area contributed by atoms with E-state index in [1.807, 2.05) is 0 Å². The largest absolute Gasteiger partial charge is 1.00 e. The van der Waals surface area contributed by atoms with Crippen LogP contribution in [0.4, 0.5) is 0 Å². The van der Waals surface area contributed by atoms with E-state index in [9.17, 15) is 0 Å². The maximum atomic E-state index is 2.41. The van der Waals surface area contributed by atoms with Crippen molar-refractivity contribution >= 4 is 8.07 Å². The van der Waals surface area contributed by atoms with Crippen molar-refractivity contribution < 1.29 is 21.5 Å². The summed E-state index contributed by atoms with van der Waals surface area (Å²) in [5.41, 5.74) is 0. The molecule has 1 nitrogen and oxygen atoms in total. The smallest absolute Gasteiger partial charge is 0.168 e. The predicted octanol–water partition coefficient (Wildman–Crippen LogP) is -0.684. The molecular formula is C10H18BrNSi. The second-order valence-corrected chi connectivity index (χ2v) is 10.0. The molecule has 0 aliphatic heterocycles. The molecule has 1 aromatic heterocycles. The quantitative estimate of drug-likeness (QED) is 0.501. The molecule has 0 fully saturated rings. The van der Waals surface area contributed by atoms with Gasteiger partial charge in [-0.1, -0.05) is 25.7 Å². The third kappa shape index (κ3) is 5.99. The molecule has 0 amide bonds. The predicted molar refractivity (Wildman–Crippen MR) is 54.8 cm³/mol. The maximum absolute atomic E-state index is 2.41. The first-order valence-corrected chi connectivity index (χ1v) is 8.23. The van der Waals surface area contributed by atoms with Gasteiger partial charge in [-0.15, -0.1) is 0 Å². The van der Waals surface area contributed by atoms with Crippen molar-refractivity contribution in [1.29, 1.82) is 0 Å². The van der Waals surface area contributed by atoms with Crippen molar-refractivity contribution in [3.05, 3.63) is 30.6 Å². The molecule has 1 heterocycles. The van der Waals surface area contributed by atoms with E-state index in [2.05, 4.69) is 54.8 Å². The van der Waals surface area contributed by atoms with Gasteiger partial charge in [-0.05, 0) is 0 Å². The Hall–Kier alpha value is -0.153. The van der Waals surface area contributed by atoms with Crippen LogP contribution in [0.3, 0.4) is 0 Å². The normalized spacial score (nSPS) is 10.7. The molecule has 0 aliphatic carbocycles. The minimum absolute atomic E-state index is 0. The Morgan fingerprint density at radius 1 is 1.00 bits per heavy atom. The number of aryl methyl sites for hydroxylation is 1. The summed E-state index contributed by atoms with van der Waals surface area (Å²) in [4.78, 5) is 0. The van der Waals surface area contributed by atoms with E-state index in [0.717, 1.165) is 0 Å². The molecule has 13 heavy (non-hydrogen) atoms. The number of nitrogens with zero attached hydrogens (tertiary/aromatic N) is 1. The highest BCUT2D eigenvalue weighted by atomic mass is 79.9. The molecule has 0 bridgehead atoms. The molecule has 1 rings (SSSR count). The van der Waals surface area contributed by atoms with Crippen LogP contribution in [0.15, 0.2) is 30.6 Å². The lowest BCUT2D eigenvalue weighted by atomic mass is 10.5. The summed E-state index contributed by atoms with van der Waals surface area (Å²) >= 11 is 0. The van der Waals surface area contributed by atoms with Gasteiger partial charge in [-0.25, -0.2) is 4.57 Å². The van der Waals surface area contributed by atoms with E-state index in [-0.39, 0.29) is 17.0 Å². The average molecular weight is 260 g/mol. The molecule has 0 unspecified atom stereocenters. The second kappa shape index (κ2) is 5.55. The van der Waals surface area contributed by atoms with Crippen molar-refractivity contribution in [1.82, 2.24) is 0 Å². The summed E-state index contributed by atoms with van der Waals surface area (Å²) < 4.78 is 2.26. The Kier molecular flexibility index (Phi) is 5.49. The topological polar surface area (TPSA) is 3.88 Å². The van der Waals surface area contributed by atoms with Crippen LogP contribution < -0.4 is 21.5 Å². The Morgan fingerprint density at radius 3 is 2.00 bits per heavy atom. The molecular weight excluding hydrogens is 242 g/mol. The third-order valence-corrected chi connectivity index (χ3v) is 3.62. The Bertz CT molecular complexity index is 230. The van der Waals surface area contributed by atoms with Crippen molar-refractivity contribution in [3.63, 3.8) is 0 Å². The molecule has 0 aromatic carbocycles. The van der Waals surface area contributed by atoms with Gasteiger partial charge in [0.15, 0.2) is 12.4 Å². The van der Waals surface area contributed by atoms with Crippen LogP contribution in [0.2, 0.25) is 25.7 Å². The minimum Gasteiger partial charge on any atom is -1.00 e. The fourth-order valence-corrected chi connectivity index (χ4v) is 1.98. The molecule has 74 valence electrons. The summed E-state index contributed by atoms with van der Waals surface area (Å²) in [5.74, 6) is 0. The monoisotopic (exact) mass is 259 g/mol. The van der Waals surface area contributed by atoms with Crippen LogP contribution in [0.5, 0.6) is 0 Å². The van der Waals surface area contributed by atoms with Gasteiger partial charge in [0.25, 0.3) is 0 Å². The first-order chi connectivity index (χ1) is 5.58. The van der Waals surface area contributed by atoms with E-state index < -0.39 is 8.07 Å². The number of hydrogen-bond donors (Lipinski definition) is 0. The van der Waals surface area contributed by atoms with Crippen LogP contribution in [-0.4, -0.2) is 8.07 Å². The SMILES string of the molecule is C[Si](C)(C)CC[n+]1ccccc1.[Br-]. The van der Waals surface area contributed by atoms with Crippen molar-refractivity contribution in [3.8, 4) is 0 Å². The average Bonchev–Trinajstić information content (AvgIpc) is 2.02. The van der Waals surface area contributed by atoms with Crippen LogP contribution in [0, 0.1) is 0 Å². The molecule has 0 saturated heterocycles. The molecule has 0 aliphatic rings. The summed E-state index contributed by atoms with van der Waals surface area (Å²) in [6.45, 7) is 8.42. The van der Waals surface area contributed by atoms with E-state index in [1.165, 1.54) is 12.6 Å². The number of pyridine rings is 1. The number of hydrogen-bond acceptors (Lipinski definition) is 0. The summed E-state index contributed by atoms with van der Waals surface area (Å²) in [6, 6.07) is 7.60. The van der Waals surface area contributed by atoms with Crippen LogP contribution in [0.1, 0.15) is 0 Å². The van der Waals surface area contributed by atoms with Gasteiger partial charge in [-0.2, -0.15) is 0 Å². The van der Waals surface area contributed by atoms with Gasteiger partial charge in [0.2, 0.25) is 0 Å². The maximum Gasteiger partial charge on any atom is 0.168 e. The molecule has 3 heteroatoms. The van der Waals surface area contributed by atoms with Crippen LogP contribution in [0.25, 0.3) is 0 Å². The zero-order chi connectivity index (χ0) is 9.03. The highest BCUT2D eigenvalue weighted by Gasteiger charge is 2.14. The fraction of sp³-hybridized carbons (Fsp3) is 0.500. The van der Waals surface area contributed by atoms with Gasteiger partial charge in [-0.3, -0.25) is 0 Å². The molecule has 1 aromatic rings. The van der Waals surface area contributed by atoms with Gasteiger partial charge in [0, 0.05) is 18.2 Å². The molecule has 0 saturated carbocycles. The molecule has 0 atom stereocenters. The van der Waals surface area contributed by atoms with Crippen molar-refractivity contribution in [2.75, 3.05) is 0 Å². The number of aromatic nitrogens is 1. The highest BCUT2D eigenvalue weighted by molar-refractivity contribution is 6.76. The van der Waals surface area contributed by atoms with Crippen molar-refractivity contribution in [2.45, 2.75) is 32.2 Å². The van der Waals surface area contributed by atoms with Crippen molar-refractivity contribution in [2.24, 2.45) is 0 Å². The summed E-state index contributed by atoms with van der Waals surface area (Å²) in [5, 5.41) is 0. The zero-order valence-corrected chi connectivity index (χ0v) is 11.2. The minimum atomic E-state index is -0.861. The van der Waals surface area contributed by atoms with Crippen LogP contribution in [-0.2, 0) is 6.54 Å². The van der Waals surface area contributed by atoms with Gasteiger partial charge in [0.1, 0.15) is 6.54 Å². The van der Waals surface area contributed by atoms with E-state index in [0.29, 0.717) is 0 Å². The summed E-state index contributed by atoms with van der Waals surface area (Å²) in [6.07, 6.45) is 4.28. The summed E-state index contributed by atoms with van der Waals surface area (Å²) in [7, 11) is -0.861. The highest BCUT2D eigenvalue weighted by Crippen LogP contribution is 2.06. The Labute approximate surface area is 92.6 Å². The first-order valence-electron chi connectivity index (χ1n) is 4.52. The van der Waals surface area contributed by atoms with E-state index in [1.54, 1.807) is 0 Å². The molecule has 0 N–H and O–H groups in total. The standard InChI is InChI=1S/C10H18NSi.BrH/c1-12(2,3)10-9-11-7-5-4-6-8-11;/h4-8H,9-10H2,1-3H3;1H/q+1;/p-1. The van der Waals surface area contributed by atoms with Gasteiger partial charge in [0.05, 0.1) is 8.07 Å². The lowest BCUT2D eigenvalue weighted by Gasteiger charge is -2.12. The Balaban J connectivity index is 0.00000144. The van der Waals surface area contributed by atoms with Crippen LogP contribution >= 0.6 is 0 Å². The lowest BCUT2D eigenvalue weighted by Crippen LogP contribution is -3.00. The zero-order valence-electron chi connectivity index (χ0n) is 8.63. The lowest BCUT2D eigenvalue weighted by molar-refractivity contribution is -0.693.